The molecule has 0 aliphatic carbocycles. The lowest BCUT2D eigenvalue weighted by Crippen LogP contribution is -2.44. The molecule has 0 aromatic heterocycles. The van der Waals surface area contributed by atoms with Crippen molar-refractivity contribution < 1.29 is 0 Å². The van der Waals surface area contributed by atoms with E-state index in [0.29, 0.717) is 0 Å². The highest BCUT2D eigenvalue weighted by atomic mass is 31.2. The van der Waals surface area contributed by atoms with Crippen molar-refractivity contribution >= 4 is 7.51 Å². The van der Waals surface area contributed by atoms with Crippen molar-refractivity contribution in [1.82, 2.24) is 14.4 Å². The number of rotatable bonds is 5. The molecule has 5 heteroatoms. The summed E-state index contributed by atoms with van der Waals surface area (Å²) in [5, 5.41) is 3.87. The van der Waals surface area contributed by atoms with E-state index in [4.69, 9.17) is 4.74 Å². The van der Waals surface area contributed by atoms with Crippen molar-refractivity contribution in [2.45, 2.75) is 60.0 Å². The summed E-state index contributed by atoms with van der Waals surface area (Å²) in [7, 11) is -1.87. The second-order valence-electron chi connectivity index (χ2n) is 7.61. The summed E-state index contributed by atoms with van der Waals surface area (Å²) in [5.74, 6) is 0. The molecule has 1 atom stereocenters. The molecule has 0 bridgehead atoms. The molecular weight excluding hydrogens is 315 g/mol. The maximum atomic E-state index is 5.39. The summed E-state index contributed by atoms with van der Waals surface area (Å²) in [6.45, 7) is 18.5. The van der Waals surface area contributed by atoms with E-state index in [2.05, 4.69) is 80.2 Å². The minimum atomic E-state index is -1.87. The predicted molar refractivity (Wildman–Crippen MR) is 106 cm³/mol. The highest BCUT2D eigenvalue weighted by molar-refractivity contribution is 7.59. The second-order valence-corrected chi connectivity index (χ2v) is 10.4. The molecule has 0 radical (unpaired) electrons. The summed E-state index contributed by atoms with van der Waals surface area (Å²) in [6.07, 6.45) is 1.19. The van der Waals surface area contributed by atoms with Crippen LogP contribution in [0, 0.1) is 6.92 Å². The number of aryl methyl sites for hydroxylation is 1. The molecule has 1 heterocycles. The molecule has 0 amide bonds. The van der Waals surface area contributed by atoms with Crippen LogP contribution < -0.4 is 5.09 Å². The fourth-order valence-corrected chi connectivity index (χ4v) is 7.23. The molecule has 24 heavy (non-hydrogen) atoms. The molecule has 1 aliphatic heterocycles. The van der Waals surface area contributed by atoms with E-state index in [1.807, 2.05) is 0 Å². The van der Waals surface area contributed by atoms with Gasteiger partial charge in [-0.05, 0) is 39.7 Å². The van der Waals surface area contributed by atoms with Gasteiger partial charge in [-0.2, -0.15) is 0 Å². The van der Waals surface area contributed by atoms with E-state index < -0.39 is 7.51 Å². The van der Waals surface area contributed by atoms with Gasteiger partial charge >= 0.3 is 0 Å². The van der Waals surface area contributed by atoms with Gasteiger partial charge in [-0.25, -0.2) is 9.34 Å². The van der Waals surface area contributed by atoms with Crippen LogP contribution in [0.5, 0.6) is 0 Å². The van der Waals surface area contributed by atoms with Gasteiger partial charge in [0.15, 0.2) is 7.51 Å². The first-order chi connectivity index (χ1) is 11.3. The average molecular weight is 350 g/mol. The first-order valence-corrected chi connectivity index (χ1v) is 10.9. The Morgan fingerprint density at radius 3 is 2.33 bits per heavy atom. The minimum Gasteiger partial charge on any atom is -0.259 e. The third kappa shape index (κ3) is 4.70. The molecule has 1 aromatic carbocycles. The summed E-state index contributed by atoms with van der Waals surface area (Å²) in [4.78, 5) is 0. The van der Waals surface area contributed by atoms with Gasteiger partial charge in [0.05, 0.1) is 5.54 Å². The fraction of sp³-hybridized carbons (Fsp3) is 0.684. The highest BCUT2D eigenvalue weighted by Gasteiger charge is 2.36. The monoisotopic (exact) mass is 350 g/mol. The standard InChI is InChI=1S/C19H35N4P/c1-7-22(8-2)24(21-19(4,5)6)20-14-9-15-23(24)16-18-12-10-17(3)11-13-18/h10-13,20H,7-9,14-16H2,1-6H3. The molecule has 1 aliphatic rings. The Balaban J connectivity index is 2.44. The molecule has 1 aromatic rings. The molecule has 4 nitrogen and oxygen atoms in total. The number of hydrogen-bond acceptors (Lipinski definition) is 1. The van der Waals surface area contributed by atoms with E-state index in [-0.39, 0.29) is 5.54 Å². The Labute approximate surface area is 148 Å². The van der Waals surface area contributed by atoms with Gasteiger partial charge in [-0.1, -0.05) is 43.7 Å². The van der Waals surface area contributed by atoms with Crippen LogP contribution in [0.3, 0.4) is 0 Å². The van der Waals surface area contributed by atoms with Crippen molar-refractivity contribution in [3.05, 3.63) is 35.4 Å². The van der Waals surface area contributed by atoms with Crippen molar-refractivity contribution in [2.24, 2.45) is 4.74 Å². The van der Waals surface area contributed by atoms with Gasteiger partial charge in [0.25, 0.3) is 0 Å². The Morgan fingerprint density at radius 2 is 1.79 bits per heavy atom. The SMILES string of the molecule is CCN(CC)P1(=NC(C)(C)C)NCCCN1Cc1ccc(C)cc1. The summed E-state index contributed by atoms with van der Waals surface area (Å²) >= 11 is 0. The van der Waals surface area contributed by atoms with Crippen LogP contribution in [0.15, 0.2) is 29.0 Å². The third-order valence-electron chi connectivity index (χ3n) is 4.36. The van der Waals surface area contributed by atoms with Gasteiger partial charge in [0.2, 0.25) is 0 Å². The van der Waals surface area contributed by atoms with Crippen molar-refractivity contribution in [3.63, 3.8) is 0 Å². The van der Waals surface area contributed by atoms with Crippen LogP contribution in [0.1, 0.15) is 52.2 Å². The third-order valence-corrected chi connectivity index (χ3v) is 8.37. The number of nitrogens with one attached hydrogen (secondary N) is 1. The van der Waals surface area contributed by atoms with Gasteiger partial charge in [0, 0.05) is 32.7 Å². The lowest BCUT2D eigenvalue weighted by Gasteiger charge is -2.47. The molecule has 1 N–H and O–H groups in total. The molecule has 2 rings (SSSR count). The molecule has 1 unspecified atom stereocenters. The van der Waals surface area contributed by atoms with Crippen LogP contribution in [0.2, 0.25) is 0 Å². The molecule has 1 fully saturated rings. The Hall–Kier alpha value is -0.670. The lowest BCUT2D eigenvalue weighted by molar-refractivity contribution is 0.343. The van der Waals surface area contributed by atoms with Crippen molar-refractivity contribution in [2.75, 3.05) is 26.2 Å². The lowest BCUT2D eigenvalue weighted by atomic mass is 10.1. The van der Waals surface area contributed by atoms with Crippen LogP contribution in [0.4, 0.5) is 0 Å². The van der Waals surface area contributed by atoms with Crippen molar-refractivity contribution in [1.29, 1.82) is 0 Å². The smallest absolute Gasteiger partial charge is 0.166 e. The normalized spacial score (nSPS) is 22.8. The van der Waals surface area contributed by atoms with Gasteiger partial charge in [-0.15, -0.1) is 0 Å². The van der Waals surface area contributed by atoms with Crippen LogP contribution in [-0.4, -0.2) is 41.1 Å². The van der Waals surface area contributed by atoms with Crippen LogP contribution >= 0.6 is 7.51 Å². The molecule has 0 spiro atoms. The van der Waals surface area contributed by atoms with Gasteiger partial charge < -0.3 is 0 Å². The Morgan fingerprint density at radius 1 is 1.17 bits per heavy atom. The van der Waals surface area contributed by atoms with E-state index in [9.17, 15) is 0 Å². The van der Waals surface area contributed by atoms with Crippen LogP contribution in [-0.2, 0) is 6.54 Å². The number of nitrogens with zero attached hydrogens (tertiary/aromatic N) is 3. The first-order valence-electron chi connectivity index (χ1n) is 9.25. The van der Waals surface area contributed by atoms with Crippen molar-refractivity contribution in [3.8, 4) is 0 Å². The summed E-state index contributed by atoms with van der Waals surface area (Å²) in [5.41, 5.74) is 2.65. The van der Waals surface area contributed by atoms with E-state index >= 15 is 0 Å². The van der Waals surface area contributed by atoms with E-state index in [1.54, 1.807) is 0 Å². The second kappa shape index (κ2) is 8.14. The molecule has 136 valence electrons. The Kier molecular flexibility index (Phi) is 6.66. The maximum absolute atomic E-state index is 5.39. The van der Waals surface area contributed by atoms with Crippen LogP contribution in [0.25, 0.3) is 0 Å². The zero-order valence-electron chi connectivity index (χ0n) is 16.3. The molecule has 0 saturated carbocycles. The van der Waals surface area contributed by atoms with E-state index in [0.717, 1.165) is 32.7 Å². The topological polar surface area (TPSA) is 30.9 Å². The van der Waals surface area contributed by atoms with E-state index in [1.165, 1.54) is 17.5 Å². The quantitative estimate of drug-likeness (QED) is 0.768. The Bertz CT molecular complexity index is 570. The van der Waals surface area contributed by atoms with Gasteiger partial charge in [0.1, 0.15) is 0 Å². The number of benzene rings is 1. The zero-order chi connectivity index (χ0) is 17.8. The first kappa shape index (κ1) is 19.7. The zero-order valence-corrected chi connectivity index (χ0v) is 17.2. The molecule has 1 saturated heterocycles. The summed E-state index contributed by atoms with van der Waals surface area (Å²) in [6, 6.07) is 8.95. The molecular formula is C19H35N4P. The van der Waals surface area contributed by atoms with Gasteiger partial charge in [-0.3, -0.25) is 9.83 Å². The fourth-order valence-electron chi connectivity index (χ4n) is 3.29. The maximum Gasteiger partial charge on any atom is 0.166 e. The average Bonchev–Trinajstić information content (AvgIpc) is 2.51. The largest absolute Gasteiger partial charge is 0.259 e. The summed E-state index contributed by atoms with van der Waals surface area (Å²) < 4.78 is 10.6. The highest BCUT2D eigenvalue weighted by Crippen LogP contribution is 2.56. The minimum absolute atomic E-state index is 0.0494. The predicted octanol–water partition coefficient (Wildman–Crippen LogP) is 4.88. The number of hydrogen-bond donors (Lipinski definition) is 1.